The van der Waals surface area contributed by atoms with Gasteiger partial charge in [0.25, 0.3) is 5.91 Å². The van der Waals surface area contributed by atoms with E-state index in [0.717, 1.165) is 32.4 Å². The molecule has 1 aliphatic rings. The maximum absolute atomic E-state index is 12.2. The molecule has 2 N–H and O–H groups in total. The first-order chi connectivity index (χ1) is 9.70. The lowest BCUT2D eigenvalue weighted by Gasteiger charge is -2.26. The Hall–Kier alpha value is -2.48. The molecule has 2 rings (SSSR count). The number of nitrogens with one attached hydrogen (secondary N) is 1. The van der Waals surface area contributed by atoms with Crippen molar-refractivity contribution in [2.45, 2.75) is 19.3 Å². The number of benzene rings is 1. The summed E-state index contributed by atoms with van der Waals surface area (Å²) in [5, 5.41) is 21.2. The van der Waals surface area contributed by atoms with Gasteiger partial charge in [0.15, 0.2) is 0 Å². The Bertz CT molecular complexity index is 537. The molecule has 1 fully saturated rings. The fourth-order valence-corrected chi connectivity index (χ4v) is 2.12. The molecule has 1 amide bonds. The van der Waals surface area contributed by atoms with Crippen LogP contribution in [0.5, 0.6) is 5.75 Å². The highest BCUT2D eigenvalue weighted by Gasteiger charge is 2.19. The van der Waals surface area contributed by atoms with Crippen molar-refractivity contribution in [2.24, 2.45) is 0 Å². The Balaban J connectivity index is 2.03. The van der Waals surface area contributed by atoms with Crippen LogP contribution in [0, 0.1) is 11.3 Å². The highest BCUT2D eigenvalue weighted by molar-refractivity contribution is 5.97. The van der Waals surface area contributed by atoms with E-state index in [9.17, 15) is 9.90 Å². The van der Waals surface area contributed by atoms with Gasteiger partial charge < -0.3 is 15.3 Å². The number of hydrogen-bond acceptors (Lipinski definition) is 4. The highest BCUT2D eigenvalue weighted by Crippen LogP contribution is 2.15. The van der Waals surface area contributed by atoms with Crippen LogP contribution < -0.4 is 5.32 Å². The number of rotatable bonds is 3. The molecular formula is C15H17N3O2. The molecule has 1 saturated heterocycles. The number of aromatic hydroxyl groups is 1. The van der Waals surface area contributed by atoms with Crippen molar-refractivity contribution in [1.29, 1.82) is 5.26 Å². The van der Waals surface area contributed by atoms with Crippen molar-refractivity contribution in [1.82, 2.24) is 4.90 Å². The Morgan fingerprint density at radius 2 is 1.90 bits per heavy atom. The van der Waals surface area contributed by atoms with Gasteiger partial charge in [0.05, 0.1) is 0 Å². The standard InChI is InChI=1S/C15H17N3O2/c16-10-12(15(20)18-8-2-1-3-9-18)11-17-13-4-6-14(19)7-5-13/h4-7,11,17,19H,1-3,8-9H2/b12-11-. The summed E-state index contributed by atoms with van der Waals surface area (Å²) >= 11 is 0. The fourth-order valence-electron chi connectivity index (χ4n) is 2.12. The molecule has 0 bridgehead atoms. The number of anilines is 1. The quantitative estimate of drug-likeness (QED) is 0.502. The van der Waals surface area contributed by atoms with Gasteiger partial charge in [0.2, 0.25) is 0 Å². The third-order valence-electron chi connectivity index (χ3n) is 3.24. The lowest BCUT2D eigenvalue weighted by atomic mass is 10.1. The minimum Gasteiger partial charge on any atom is -0.508 e. The van der Waals surface area contributed by atoms with Crippen molar-refractivity contribution < 1.29 is 9.90 Å². The van der Waals surface area contributed by atoms with Gasteiger partial charge >= 0.3 is 0 Å². The summed E-state index contributed by atoms with van der Waals surface area (Å²) in [5.41, 5.74) is 0.807. The number of piperidine rings is 1. The molecule has 0 saturated carbocycles. The van der Waals surface area contributed by atoms with E-state index < -0.39 is 0 Å². The van der Waals surface area contributed by atoms with E-state index in [-0.39, 0.29) is 17.2 Å². The second kappa shape index (κ2) is 6.62. The van der Waals surface area contributed by atoms with Gasteiger partial charge in [-0.1, -0.05) is 0 Å². The average molecular weight is 271 g/mol. The predicted octanol–water partition coefficient (Wildman–Crippen LogP) is 2.22. The zero-order chi connectivity index (χ0) is 14.4. The first-order valence-corrected chi connectivity index (χ1v) is 6.66. The summed E-state index contributed by atoms with van der Waals surface area (Å²) in [4.78, 5) is 13.9. The van der Waals surface area contributed by atoms with Crippen molar-refractivity contribution >= 4 is 11.6 Å². The number of nitriles is 1. The Labute approximate surface area is 118 Å². The number of carbonyl (C=O) groups excluding carboxylic acids is 1. The number of nitrogens with zero attached hydrogens (tertiary/aromatic N) is 2. The smallest absolute Gasteiger partial charge is 0.266 e. The molecule has 1 aromatic rings. The lowest BCUT2D eigenvalue weighted by molar-refractivity contribution is -0.127. The summed E-state index contributed by atoms with van der Waals surface area (Å²) in [7, 11) is 0. The first-order valence-electron chi connectivity index (χ1n) is 6.66. The second-order valence-electron chi connectivity index (χ2n) is 4.71. The topological polar surface area (TPSA) is 76.4 Å². The van der Waals surface area contributed by atoms with Crippen LogP contribution in [0.2, 0.25) is 0 Å². The molecule has 20 heavy (non-hydrogen) atoms. The number of carbonyl (C=O) groups is 1. The molecular weight excluding hydrogens is 254 g/mol. The number of phenols is 1. The van der Waals surface area contributed by atoms with Crippen LogP contribution >= 0.6 is 0 Å². The maximum Gasteiger partial charge on any atom is 0.266 e. The molecule has 1 aliphatic heterocycles. The molecule has 1 heterocycles. The summed E-state index contributed by atoms with van der Waals surface area (Å²) in [6.45, 7) is 1.44. The third-order valence-corrected chi connectivity index (χ3v) is 3.24. The first kappa shape index (κ1) is 13.9. The van der Waals surface area contributed by atoms with Crippen LogP contribution in [0.25, 0.3) is 0 Å². The molecule has 0 radical (unpaired) electrons. The van der Waals surface area contributed by atoms with Crippen LogP contribution in [0.4, 0.5) is 5.69 Å². The van der Waals surface area contributed by atoms with Crippen LogP contribution in [-0.2, 0) is 4.79 Å². The third kappa shape index (κ3) is 3.51. The van der Waals surface area contributed by atoms with E-state index in [2.05, 4.69) is 5.32 Å². The zero-order valence-corrected chi connectivity index (χ0v) is 11.2. The van der Waals surface area contributed by atoms with E-state index in [1.54, 1.807) is 17.0 Å². The van der Waals surface area contributed by atoms with Crippen molar-refractivity contribution in [2.75, 3.05) is 18.4 Å². The lowest BCUT2D eigenvalue weighted by Crippen LogP contribution is -2.36. The number of likely N-dealkylation sites (tertiary alicyclic amines) is 1. The van der Waals surface area contributed by atoms with Crippen molar-refractivity contribution in [3.8, 4) is 11.8 Å². The molecule has 5 heteroatoms. The Morgan fingerprint density at radius 1 is 1.25 bits per heavy atom. The van der Waals surface area contributed by atoms with Gasteiger partial charge in [-0.3, -0.25) is 4.79 Å². The van der Waals surface area contributed by atoms with E-state index in [1.807, 2.05) is 6.07 Å². The van der Waals surface area contributed by atoms with E-state index in [1.165, 1.54) is 18.3 Å². The molecule has 5 nitrogen and oxygen atoms in total. The summed E-state index contributed by atoms with van der Waals surface area (Å²) in [5.74, 6) is -0.0529. The highest BCUT2D eigenvalue weighted by atomic mass is 16.3. The van der Waals surface area contributed by atoms with E-state index in [0.29, 0.717) is 5.69 Å². The van der Waals surface area contributed by atoms with Crippen molar-refractivity contribution in [3.63, 3.8) is 0 Å². The van der Waals surface area contributed by atoms with Gasteiger partial charge in [-0.05, 0) is 43.5 Å². The van der Waals surface area contributed by atoms with Gasteiger partial charge in [-0.15, -0.1) is 0 Å². The predicted molar refractivity (Wildman–Crippen MR) is 75.9 cm³/mol. The molecule has 104 valence electrons. The van der Waals surface area contributed by atoms with Crippen LogP contribution in [-0.4, -0.2) is 29.0 Å². The summed E-state index contributed by atoms with van der Waals surface area (Å²) in [6.07, 6.45) is 4.55. The summed E-state index contributed by atoms with van der Waals surface area (Å²) < 4.78 is 0. The van der Waals surface area contributed by atoms with Gasteiger partial charge in [0.1, 0.15) is 17.4 Å². The van der Waals surface area contributed by atoms with Crippen molar-refractivity contribution in [3.05, 3.63) is 36.0 Å². The molecule has 1 aromatic carbocycles. The SMILES string of the molecule is N#C/C(=C/Nc1ccc(O)cc1)C(=O)N1CCCCC1. The average Bonchev–Trinajstić information content (AvgIpc) is 2.50. The molecule has 0 atom stereocenters. The number of hydrogen-bond donors (Lipinski definition) is 2. The normalized spacial score (nSPS) is 15.6. The molecule has 0 aliphatic carbocycles. The maximum atomic E-state index is 12.2. The molecule has 0 spiro atoms. The van der Waals surface area contributed by atoms with Crippen LogP contribution in [0.3, 0.4) is 0 Å². The van der Waals surface area contributed by atoms with Gasteiger partial charge in [-0.25, -0.2) is 0 Å². The fraction of sp³-hybridized carbons (Fsp3) is 0.333. The second-order valence-corrected chi connectivity index (χ2v) is 4.71. The van der Waals surface area contributed by atoms with Gasteiger partial charge in [-0.2, -0.15) is 5.26 Å². The summed E-state index contributed by atoms with van der Waals surface area (Å²) in [6, 6.07) is 8.36. The van der Waals surface area contributed by atoms with Crippen LogP contribution in [0.15, 0.2) is 36.0 Å². The minimum atomic E-state index is -0.224. The number of phenolic OH excluding ortho intramolecular Hbond substituents is 1. The van der Waals surface area contributed by atoms with Gasteiger partial charge in [0, 0.05) is 25.0 Å². The monoisotopic (exact) mass is 271 g/mol. The van der Waals surface area contributed by atoms with E-state index in [4.69, 9.17) is 5.26 Å². The zero-order valence-electron chi connectivity index (χ0n) is 11.2. The Morgan fingerprint density at radius 3 is 2.50 bits per heavy atom. The van der Waals surface area contributed by atoms with Crippen LogP contribution in [0.1, 0.15) is 19.3 Å². The Kier molecular flexibility index (Phi) is 4.61. The largest absolute Gasteiger partial charge is 0.508 e. The molecule has 0 unspecified atom stereocenters. The number of amides is 1. The minimum absolute atomic E-state index is 0.0972. The molecule has 0 aromatic heterocycles. The van der Waals surface area contributed by atoms with E-state index >= 15 is 0 Å².